The Morgan fingerprint density at radius 3 is 2.58 bits per heavy atom. The molecule has 1 saturated heterocycles. The van der Waals surface area contributed by atoms with E-state index in [1.807, 2.05) is 0 Å². The van der Waals surface area contributed by atoms with E-state index in [1.54, 1.807) is 29.2 Å². The zero-order valence-corrected chi connectivity index (χ0v) is 15.1. The molecule has 0 aliphatic carbocycles. The molecule has 2 aromatic rings. The SMILES string of the molecule is O=C(NNc1ncnc(N2CCOCC2)c1[N+](=O)[O-])c1ccc(Br)cc1. The lowest BCUT2D eigenvalue weighted by atomic mass is 10.2. The number of morpholine rings is 1. The Kier molecular flexibility index (Phi) is 5.58. The van der Waals surface area contributed by atoms with Gasteiger partial charge in [-0.2, -0.15) is 0 Å². The van der Waals surface area contributed by atoms with Gasteiger partial charge in [-0.3, -0.25) is 25.8 Å². The number of nitrogens with zero attached hydrogens (tertiary/aromatic N) is 4. The molecule has 1 amide bonds. The Morgan fingerprint density at radius 2 is 1.92 bits per heavy atom. The zero-order chi connectivity index (χ0) is 18.5. The highest BCUT2D eigenvalue weighted by Gasteiger charge is 2.28. The molecule has 0 radical (unpaired) electrons. The molecule has 0 atom stereocenters. The summed E-state index contributed by atoms with van der Waals surface area (Å²) in [6.07, 6.45) is 1.21. The summed E-state index contributed by atoms with van der Waals surface area (Å²) in [7, 11) is 0. The molecule has 26 heavy (non-hydrogen) atoms. The predicted molar refractivity (Wildman–Crippen MR) is 96.9 cm³/mol. The Labute approximate surface area is 156 Å². The highest BCUT2D eigenvalue weighted by atomic mass is 79.9. The smallest absolute Gasteiger partial charge is 0.355 e. The number of hydrogen-bond acceptors (Lipinski definition) is 8. The molecule has 1 fully saturated rings. The van der Waals surface area contributed by atoms with Gasteiger partial charge in [0.1, 0.15) is 6.33 Å². The summed E-state index contributed by atoms with van der Waals surface area (Å²) >= 11 is 3.29. The number of rotatable bonds is 5. The average Bonchev–Trinajstić information content (AvgIpc) is 2.67. The predicted octanol–water partition coefficient (Wildman–Crippen LogP) is 1.74. The Bertz CT molecular complexity index is 810. The van der Waals surface area contributed by atoms with Gasteiger partial charge in [-0.15, -0.1) is 0 Å². The summed E-state index contributed by atoms with van der Waals surface area (Å²) in [5, 5.41) is 11.5. The van der Waals surface area contributed by atoms with Crippen molar-refractivity contribution in [2.75, 3.05) is 36.6 Å². The van der Waals surface area contributed by atoms with E-state index in [1.165, 1.54) is 6.33 Å². The zero-order valence-electron chi connectivity index (χ0n) is 13.5. The fourth-order valence-electron chi connectivity index (χ4n) is 2.43. The number of carbonyl (C=O) groups excluding carboxylic acids is 1. The van der Waals surface area contributed by atoms with Crippen LogP contribution in [0.2, 0.25) is 0 Å². The molecule has 1 aromatic heterocycles. The van der Waals surface area contributed by atoms with E-state index >= 15 is 0 Å². The molecule has 3 rings (SSSR count). The molecule has 1 aromatic carbocycles. The largest absolute Gasteiger partial charge is 0.378 e. The number of anilines is 2. The summed E-state index contributed by atoms with van der Waals surface area (Å²) < 4.78 is 6.09. The third-order valence-corrected chi connectivity index (χ3v) is 4.23. The highest BCUT2D eigenvalue weighted by molar-refractivity contribution is 9.10. The fraction of sp³-hybridized carbons (Fsp3) is 0.267. The topological polar surface area (TPSA) is 123 Å². The third kappa shape index (κ3) is 4.06. The van der Waals surface area contributed by atoms with E-state index in [2.05, 4.69) is 36.7 Å². The first-order valence-electron chi connectivity index (χ1n) is 7.70. The lowest BCUT2D eigenvalue weighted by Crippen LogP contribution is -2.37. The van der Waals surface area contributed by atoms with Crippen molar-refractivity contribution >= 4 is 39.2 Å². The molecular formula is C15H15BrN6O4. The number of hydrazine groups is 1. The number of carbonyl (C=O) groups is 1. The van der Waals surface area contributed by atoms with Gasteiger partial charge in [0.05, 0.1) is 18.1 Å². The van der Waals surface area contributed by atoms with E-state index < -0.39 is 10.8 Å². The third-order valence-electron chi connectivity index (χ3n) is 3.70. The van der Waals surface area contributed by atoms with Crippen LogP contribution < -0.4 is 15.8 Å². The van der Waals surface area contributed by atoms with Crippen molar-refractivity contribution in [2.45, 2.75) is 0 Å². The lowest BCUT2D eigenvalue weighted by molar-refractivity contribution is -0.383. The second-order valence-corrected chi connectivity index (χ2v) is 6.25. The Morgan fingerprint density at radius 1 is 1.23 bits per heavy atom. The van der Waals surface area contributed by atoms with Crippen LogP contribution in [0.1, 0.15) is 10.4 Å². The maximum Gasteiger partial charge on any atom is 0.355 e. The summed E-state index contributed by atoms with van der Waals surface area (Å²) in [5.74, 6) is -0.344. The normalized spacial score (nSPS) is 14.0. The van der Waals surface area contributed by atoms with Crippen molar-refractivity contribution in [3.8, 4) is 0 Å². The molecule has 0 saturated carbocycles. The molecular weight excluding hydrogens is 408 g/mol. The number of nitro groups is 1. The van der Waals surface area contributed by atoms with E-state index in [9.17, 15) is 14.9 Å². The number of halogens is 1. The second kappa shape index (κ2) is 8.06. The van der Waals surface area contributed by atoms with E-state index in [0.29, 0.717) is 31.9 Å². The average molecular weight is 423 g/mol. The summed E-state index contributed by atoms with van der Waals surface area (Å²) in [4.78, 5) is 32.8. The van der Waals surface area contributed by atoms with Crippen LogP contribution >= 0.6 is 15.9 Å². The van der Waals surface area contributed by atoms with Gasteiger partial charge < -0.3 is 9.64 Å². The summed E-state index contributed by atoms with van der Waals surface area (Å²) in [5.41, 5.74) is 5.04. The molecule has 10 nitrogen and oxygen atoms in total. The van der Waals surface area contributed by atoms with E-state index in [-0.39, 0.29) is 17.3 Å². The van der Waals surface area contributed by atoms with Crippen LogP contribution in [-0.2, 0) is 4.74 Å². The first kappa shape index (κ1) is 18.0. The highest BCUT2D eigenvalue weighted by Crippen LogP contribution is 2.31. The van der Waals surface area contributed by atoms with Gasteiger partial charge in [-0.25, -0.2) is 9.97 Å². The van der Waals surface area contributed by atoms with Crippen LogP contribution in [0.5, 0.6) is 0 Å². The minimum Gasteiger partial charge on any atom is -0.378 e. The number of nitrogens with one attached hydrogen (secondary N) is 2. The van der Waals surface area contributed by atoms with Crippen molar-refractivity contribution in [1.29, 1.82) is 0 Å². The van der Waals surface area contributed by atoms with Crippen LogP contribution in [0.15, 0.2) is 35.1 Å². The molecule has 0 unspecified atom stereocenters. The van der Waals surface area contributed by atoms with Crippen molar-refractivity contribution < 1.29 is 14.5 Å². The standard InChI is InChI=1S/C15H15BrN6O4/c16-11-3-1-10(2-4-11)15(23)20-19-13-12(22(24)25)14(18-9-17-13)21-5-7-26-8-6-21/h1-4,9H,5-8H2,(H,20,23)(H,17,18,19). The van der Waals surface area contributed by atoms with Gasteiger partial charge in [0.15, 0.2) is 0 Å². The van der Waals surface area contributed by atoms with Crippen molar-refractivity contribution in [3.05, 3.63) is 50.7 Å². The summed E-state index contributed by atoms with van der Waals surface area (Å²) in [6.45, 7) is 1.90. The van der Waals surface area contributed by atoms with E-state index in [0.717, 1.165) is 4.47 Å². The van der Waals surface area contributed by atoms with Gasteiger partial charge in [-0.05, 0) is 24.3 Å². The molecule has 0 bridgehead atoms. The monoisotopic (exact) mass is 422 g/mol. The van der Waals surface area contributed by atoms with Crippen LogP contribution in [0, 0.1) is 10.1 Å². The quantitative estimate of drug-likeness (QED) is 0.551. The molecule has 11 heteroatoms. The van der Waals surface area contributed by atoms with Crippen molar-refractivity contribution in [3.63, 3.8) is 0 Å². The number of benzene rings is 1. The minimum atomic E-state index is -0.571. The molecule has 0 spiro atoms. The number of amides is 1. The van der Waals surface area contributed by atoms with Crippen LogP contribution in [0.3, 0.4) is 0 Å². The van der Waals surface area contributed by atoms with Crippen molar-refractivity contribution in [1.82, 2.24) is 15.4 Å². The van der Waals surface area contributed by atoms with Gasteiger partial charge in [-0.1, -0.05) is 15.9 Å². The minimum absolute atomic E-state index is 0.0862. The maximum atomic E-state index is 12.2. The van der Waals surface area contributed by atoms with Crippen LogP contribution in [-0.4, -0.2) is 47.1 Å². The number of hydrogen-bond donors (Lipinski definition) is 2. The van der Waals surface area contributed by atoms with Crippen LogP contribution in [0.4, 0.5) is 17.3 Å². The van der Waals surface area contributed by atoms with E-state index in [4.69, 9.17) is 4.74 Å². The molecule has 2 heterocycles. The molecule has 1 aliphatic heterocycles. The Hall–Kier alpha value is -2.79. The molecule has 2 N–H and O–H groups in total. The maximum absolute atomic E-state index is 12.2. The fourth-order valence-corrected chi connectivity index (χ4v) is 2.69. The van der Waals surface area contributed by atoms with Gasteiger partial charge >= 0.3 is 5.69 Å². The molecule has 136 valence electrons. The van der Waals surface area contributed by atoms with Crippen LogP contribution in [0.25, 0.3) is 0 Å². The first-order valence-corrected chi connectivity index (χ1v) is 8.49. The van der Waals surface area contributed by atoms with Gasteiger partial charge in [0.25, 0.3) is 5.91 Å². The number of aromatic nitrogens is 2. The van der Waals surface area contributed by atoms with Gasteiger partial charge in [0, 0.05) is 23.1 Å². The second-order valence-electron chi connectivity index (χ2n) is 5.34. The Balaban J connectivity index is 1.79. The molecule has 1 aliphatic rings. The van der Waals surface area contributed by atoms with Crippen molar-refractivity contribution in [2.24, 2.45) is 0 Å². The number of ether oxygens (including phenoxy) is 1. The summed E-state index contributed by atoms with van der Waals surface area (Å²) in [6, 6.07) is 6.68. The van der Waals surface area contributed by atoms with Gasteiger partial charge in [0.2, 0.25) is 11.6 Å². The lowest BCUT2D eigenvalue weighted by Gasteiger charge is -2.27. The first-order chi connectivity index (χ1) is 12.6.